The highest BCUT2D eigenvalue weighted by Crippen LogP contribution is 2.33. The zero-order valence-electron chi connectivity index (χ0n) is 11.9. The molecule has 0 aromatic heterocycles. The molecule has 0 heterocycles. The first-order chi connectivity index (χ1) is 9.47. The van der Waals surface area contributed by atoms with E-state index in [1.165, 1.54) is 0 Å². The predicted molar refractivity (Wildman–Crippen MR) is 78.3 cm³/mol. The number of rotatable bonds is 7. The molecule has 3 N–H and O–H groups in total. The lowest BCUT2D eigenvalue weighted by Gasteiger charge is -2.16. The molecule has 0 radical (unpaired) electrons. The summed E-state index contributed by atoms with van der Waals surface area (Å²) in [5.41, 5.74) is 6.26. The van der Waals surface area contributed by atoms with E-state index in [0.29, 0.717) is 35.1 Å². The highest BCUT2D eigenvalue weighted by molar-refractivity contribution is 7.89. The summed E-state index contributed by atoms with van der Waals surface area (Å²) in [4.78, 5) is 0.302. The zero-order chi connectivity index (χ0) is 14.8. The Labute approximate surface area is 120 Å². The standard InChI is InChI=1S/C14H22N2O3S/c1-10(11-3-4-11)16-20(17,18)14-6-5-13(19-2)9-12(14)7-8-15/h5-6,9-11,16H,3-4,7-8,15H2,1-2H3. The molecule has 6 heteroatoms. The summed E-state index contributed by atoms with van der Waals surface area (Å²) in [6.07, 6.45) is 2.70. The maximum Gasteiger partial charge on any atom is 0.241 e. The topological polar surface area (TPSA) is 81.4 Å². The molecule has 1 aliphatic carbocycles. The van der Waals surface area contributed by atoms with Crippen molar-refractivity contribution < 1.29 is 13.2 Å². The number of sulfonamides is 1. The number of ether oxygens (including phenoxy) is 1. The van der Waals surface area contributed by atoms with Crippen molar-refractivity contribution in [3.8, 4) is 5.75 Å². The maximum atomic E-state index is 12.5. The van der Waals surface area contributed by atoms with Crippen LogP contribution >= 0.6 is 0 Å². The molecule has 20 heavy (non-hydrogen) atoms. The quantitative estimate of drug-likeness (QED) is 0.794. The second-order valence-electron chi connectivity index (χ2n) is 5.26. The normalized spacial score (nSPS) is 16.9. The minimum Gasteiger partial charge on any atom is -0.497 e. The first kappa shape index (κ1) is 15.3. The summed E-state index contributed by atoms with van der Waals surface area (Å²) in [6, 6.07) is 4.97. The van der Waals surface area contributed by atoms with E-state index in [0.717, 1.165) is 12.8 Å². The summed E-state index contributed by atoms with van der Waals surface area (Å²) >= 11 is 0. The van der Waals surface area contributed by atoms with Crippen LogP contribution in [0.25, 0.3) is 0 Å². The van der Waals surface area contributed by atoms with Crippen LogP contribution in [0.3, 0.4) is 0 Å². The molecule has 0 spiro atoms. The Hall–Kier alpha value is -1.11. The monoisotopic (exact) mass is 298 g/mol. The van der Waals surface area contributed by atoms with Crippen molar-refractivity contribution in [2.24, 2.45) is 11.7 Å². The molecule has 1 aliphatic rings. The van der Waals surface area contributed by atoms with Crippen molar-refractivity contribution in [2.45, 2.75) is 37.1 Å². The molecule has 5 nitrogen and oxygen atoms in total. The Morgan fingerprint density at radius 2 is 2.15 bits per heavy atom. The molecular formula is C14H22N2O3S. The number of nitrogens with two attached hydrogens (primary N) is 1. The van der Waals surface area contributed by atoms with Gasteiger partial charge in [0.2, 0.25) is 10.0 Å². The van der Waals surface area contributed by atoms with Gasteiger partial charge in [-0.05, 0) is 62.4 Å². The Bertz CT molecular complexity index is 568. The van der Waals surface area contributed by atoms with E-state index >= 15 is 0 Å². The fraction of sp³-hybridized carbons (Fsp3) is 0.571. The van der Waals surface area contributed by atoms with Crippen LogP contribution in [0.4, 0.5) is 0 Å². The first-order valence-electron chi connectivity index (χ1n) is 6.87. The number of hydrogen-bond donors (Lipinski definition) is 2. The predicted octanol–water partition coefficient (Wildman–Crippen LogP) is 1.27. The van der Waals surface area contributed by atoms with Crippen LogP contribution in [0, 0.1) is 5.92 Å². The molecule has 1 aromatic carbocycles. The van der Waals surface area contributed by atoms with Crippen LogP contribution < -0.4 is 15.2 Å². The van der Waals surface area contributed by atoms with Crippen LogP contribution in [0.15, 0.2) is 23.1 Å². The molecule has 1 fully saturated rings. The van der Waals surface area contributed by atoms with Crippen LogP contribution in [0.2, 0.25) is 0 Å². The van der Waals surface area contributed by atoms with E-state index in [-0.39, 0.29) is 6.04 Å². The van der Waals surface area contributed by atoms with Crippen LogP contribution in [0.5, 0.6) is 5.75 Å². The van der Waals surface area contributed by atoms with Crippen LogP contribution in [-0.4, -0.2) is 28.1 Å². The second-order valence-corrected chi connectivity index (χ2v) is 6.94. The molecule has 0 aliphatic heterocycles. The van der Waals surface area contributed by atoms with Crippen molar-refractivity contribution in [3.63, 3.8) is 0 Å². The third-order valence-corrected chi connectivity index (χ3v) is 5.30. The van der Waals surface area contributed by atoms with E-state index < -0.39 is 10.0 Å². The number of hydrogen-bond acceptors (Lipinski definition) is 4. The lowest BCUT2D eigenvalue weighted by Crippen LogP contribution is -2.34. The fourth-order valence-corrected chi connectivity index (χ4v) is 3.86. The van der Waals surface area contributed by atoms with Gasteiger partial charge in [0.1, 0.15) is 5.75 Å². The number of benzene rings is 1. The van der Waals surface area contributed by atoms with Gasteiger partial charge < -0.3 is 10.5 Å². The van der Waals surface area contributed by atoms with Gasteiger partial charge in [-0.25, -0.2) is 13.1 Å². The molecule has 0 bridgehead atoms. The largest absolute Gasteiger partial charge is 0.497 e. The van der Waals surface area contributed by atoms with Crippen molar-refractivity contribution in [1.82, 2.24) is 4.72 Å². The average molecular weight is 298 g/mol. The van der Waals surface area contributed by atoms with Crippen LogP contribution in [0.1, 0.15) is 25.3 Å². The summed E-state index contributed by atoms with van der Waals surface area (Å²) in [5.74, 6) is 1.11. The Morgan fingerprint density at radius 1 is 1.45 bits per heavy atom. The van der Waals surface area contributed by atoms with Crippen molar-refractivity contribution in [3.05, 3.63) is 23.8 Å². The van der Waals surface area contributed by atoms with Crippen LogP contribution in [-0.2, 0) is 16.4 Å². The lowest BCUT2D eigenvalue weighted by atomic mass is 10.1. The Balaban J connectivity index is 2.28. The third kappa shape index (κ3) is 3.50. The minimum atomic E-state index is -3.50. The van der Waals surface area contributed by atoms with Gasteiger partial charge in [-0.1, -0.05) is 0 Å². The van der Waals surface area contributed by atoms with E-state index in [4.69, 9.17) is 10.5 Å². The molecule has 0 saturated heterocycles. The smallest absolute Gasteiger partial charge is 0.241 e. The molecule has 0 amide bonds. The van der Waals surface area contributed by atoms with Crippen molar-refractivity contribution in [1.29, 1.82) is 0 Å². The molecular weight excluding hydrogens is 276 g/mol. The van der Waals surface area contributed by atoms with Gasteiger partial charge in [0.15, 0.2) is 0 Å². The fourth-order valence-electron chi connectivity index (χ4n) is 2.30. The van der Waals surface area contributed by atoms with Gasteiger partial charge >= 0.3 is 0 Å². The molecule has 1 saturated carbocycles. The summed E-state index contributed by atoms with van der Waals surface area (Å²) in [5, 5.41) is 0. The number of nitrogens with one attached hydrogen (secondary N) is 1. The SMILES string of the molecule is COc1ccc(S(=O)(=O)NC(C)C2CC2)c(CCN)c1. The summed E-state index contributed by atoms with van der Waals surface area (Å²) in [7, 11) is -1.94. The van der Waals surface area contributed by atoms with Gasteiger partial charge in [0, 0.05) is 6.04 Å². The number of methoxy groups -OCH3 is 1. The molecule has 2 rings (SSSR count). The highest BCUT2D eigenvalue weighted by Gasteiger charge is 2.31. The molecule has 1 unspecified atom stereocenters. The molecule has 1 atom stereocenters. The third-order valence-electron chi connectivity index (χ3n) is 3.64. The summed E-state index contributed by atoms with van der Waals surface area (Å²) < 4.78 is 32.9. The molecule has 112 valence electrons. The lowest BCUT2D eigenvalue weighted by molar-refractivity contribution is 0.413. The highest BCUT2D eigenvalue weighted by atomic mass is 32.2. The van der Waals surface area contributed by atoms with E-state index in [1.807, 2.05) is 6.92 Å². The van der Waals surface area contributed by atoms with Gasteiger partial charge in [0.05, 0.1) is 12.0 Å². The van der Waals surface area contributed by atoms with Gasteiger partial charge in [-0.15, -0.1) is 0 Å². The van der Waals surface area contributed by atoms with Crippen molar-refractivity contribution >= 4 is 10.0 Å². The average Bonchev–Trinajstić information content (AvgIpc) is 3.22. The van der Waals surface area contributed by atoms with Gasteiger partial charge in [-0.2, -0.15) is 0 Å². The van der Waals surface area contributed by atoms with Crippen molar-refractivity contribution in [2.75, 3.05) is 13.7 Å². The first-order valence-corrected chi connectivity index (χ1v) is 8.35. The van der Waals surface area contributed by atoms with E-state index in [1.54, 1.807) is 25.3 Å². The van der Waals surface area contributed by atoms with Gasteiger partial charge in [-0.3, -0.25) is 0 Å². The van der Waals surface area contributed by atoms with E-state index in [2.05, 4.69) is 4.72 Å². The minimum absolute atomic E-state index is 0.0205. The zero-order valence-corrected chi connectivity index (χ0v) is 12.7. The Kier molecular flexibility index (Phi) is 4.67. The molecule has 1 aromatic rings. The Morgan fingerprint density at radius 3 is 2.70 bits per heavy atom. The second kappa shape index (κ2) is 6.11. The van der Waals surface area contributed by atoms with Gasteiger partial charge in [0.25, 0.3) is 0 Å². The summed E-state index contributed by atoms with van der Waals surface area (Å²) in [6.45, 7) is 2.31. The van der Waals surface area contributed by atoms with E-state index in [9.17, 15) is 8.42 Å². The maximum absolute atomic E-state index is 12.5.